The van der Waals surface area contributed by atoms with Crippen LogP contribution in [0.3, 0.4) is 0 Å². The van der Waals surface area contributed by atoms with Crippen LogP contribution < -0.4 is 24.8 Å². The van der Waals surface area contributed by atoms with Crippen molar-refractivity contribution < 1.29 is 23.8 Å². The van der Waals surface area contributed by atoms with Crippen LogP contribution in [0.2, 0.25) is 0 Å². The Kier molecular flexibility index (Phi) is 7.11. The summed E-state index contributed by atoms with van der Waals surface area (Å²) in [5.41, 5.74) is 1.40. The molecule has 0 atom stereocenters. The zero-order valence-electron chi connectivity index (χ0n) is 17.5. The van der Waals surface area contributed by atoms with Gasteiger partial charge in [-0.1, -0.05) is 30.3 Å². The first-order chi connectivity index (χ1) is 15.0. The van der Waals surface area contributed by atoms with Gasteiger partial charge in [0.2, 0.25) is 0 Å². The molecule has 3 aromatic carbocycles. The fraction of sp³-hybridized carbons (Fsp3) is 0.167. The van der Waals surface area contributed by atoms with E-state index in [0.29, 0.717) is 33.9 Å². The van der Waals surface area contributed by atoms with Crippen LogP contribution in [0.15, 0.2) is 72.8 Å². The maximum atomic E-state index is 12.9. The van der Waals surface area contributed by atoms with Crippen LogP contribution in [0.4, 0.5) is 0 Å². The topological polar surface area (TPSA) is 85.9 Å². The van der Waals surface area contributed by atoms with Gasteiger partial charge < -0.3 is 24.8 Å². The highest BCUT2D eigenvalue weighted by atomic mass is 16.5. The molecule has 3 rings (SSSR count). The van der Waals surface area contributed by atoms with E-state index in [1.54, 1.807) is 66.7 Å². The number of nitrogens with one attached hydrogen (secondary N) is 2. The summed E-state index contributed by atoms with van der Waals surface area (Å²) in [5, 5.41) is 5.73. The third-order valence-corrected chi connectivity index (χ3v) is 4.66. The first-order valence-corrected chi connectivity index (χ1v) is 9.58. The summed E-state index contributed by atoms with van der Waals surface area (Å²) in [6, 6.07) is 20.7. The maximum Gasteiger partial charge on any atom is 0.253 e. The van der Waals surface area contributed by atoms with E-state index in [0.717, 1.165) is 0 Å². The predicted molar refractivity (Wildman–Crippen MR) is 117 cm³/mol. The molecule has 0 spiro atoms. The van der Waals surface area contributed by atoms with Crippen LogP contribution in [0.1, 0.15) is 32.4 Å². The lowest BCUT2D eigenvalue weighted by Gasteiger charge is -2.23. The first kappa shape index (κ1) is 21.7. The van der Waals surface area contributed by atoms with Gasteiger partial charge in [0.15, 0.2) is 0 Å². The normalized spacial score (nSPS) is 10.3. The van der Waals surface area contributed by atoms with Crippen molar-refractivity contribution in [3.63, 3.8) is 0 Å². The lowest BCUT2D eigenvalue weighted by Crippen LogP contribution is -2.41. The van der Waals surface area contributed by atoms with Gasteiger partial charge in [0.25, 0.3) is 11.8 Å². The van der Waals surface area contributed by atoms with Crippen molar-refractivity contribution in [3.8, 4) is 17.2 Å². The number of carbonyl (C=O) groups is 2. The molecule has 0 aliphatic carbocycles. The van der Waals surface area contributed by atoms with Crippen molar-refractivity contribution in [2.45, 2.75) is 6.17 Å². The van der Waals surface area contributed by atoms with Crippen molar-refractivity contribution in [1.82, 2.24) is 10.6 Å². The Morgan fingerprint density at radius 3 is 1.68 bits per heavy atom. The first-order valence-electron chi connectivity index (χ1n) is 9.58. The van der Waals surface area contributed by atoms with E-state index >= 15 is 0 Å². The van der Waals surface area contributed by atoms with Crippen LogP contribution >= 0.6 is 0 Å². The van der Waals surface area contributed by atoms with E-state index in [2.05, 4.69) is 10.6 Å². The maximum absolute atomic E-state index is 12.9. The third kappa shape index (κ3) is 5.33. The Labute approximate surface area is 180 Å². The van der Waals surface area contributed by atoms with Gasteiger partial charge in [-0.15, -0.1) is 0 Å². The summed E-state index contributed by atoms with van der Waals surface area (Å²) < 4.78 is 15.8. The zero-order valence-corrected chi connectivity index (χ0v) is 17.5. The van der Waals surface area contributed by atoms with E-state index in [-0.39, 0.29) is 11.8 Å². The zero-order chi connectivity index (χ0) is 22.2. The number of rotatable bonds is 8. The smallest absolute Gasteiger partial charge is 0.253 e. The fourth-order valence-electron chi connectivity index (χ4n) is 3.05. The number of benzene rings is 3. The second kappa shape index (κ2) is 10.2. The molecule has 0 heterocycles. The SMILES string of the molecule is COc1cccc(C(=O)NC(NC(=O)c2cccc(OC)c2)c2ccccc2OC)c1. The molecular formula is C24H24N2O5. The van der Waals surface area contributed by atoms with Gasteiger partial charge in [0.1, 0.15) is 23.4 Å². The molecule has 7 heteroatoms. The lowest BCUT2D eigenvalue weighted by atomic mass is 10.1. The average Bonchev–Trinajstić information content (AvgIpc) is 2.83. The summed E-state index contributed by atoms with van der Waals surface area (Å²) >= 11 is 0. The van der Waals surface area contributed by atoms with Gasteiger partial charge in [-0.05, 0) is 42.5 Å². The molecule has 3 aromatic rings. The molecule has 7 nitrogen and oxygen atoms in total. The highest BCUT2D eigenvalue weighted by Gasteiger charge is 2.22. The van der Waals surface area contributed by atoms with Crippen LogP contribution in [-0.4, -0.2) is 33.1 Å². The lowest BCUT2D eigenvalue weighted by molar-refractivity contribution is 0.0882. The molecule has 0 bridgehead atoms. The van der Waals surface area contributed by atoms with E-state index in [9.17, 15) is 9.59 Å². The molecule has 160 valence electrons. The molecule has 0 radical (unpaired) electrons. The Morgan fingerprint density at radius 2 is 1.19 bits per heavy atom. The van der Waals surface area contributed by atoms with Crippen LogP contribution in [0.5, 0.6) is 17.2 Å². The number of hydrogen-bond donors (Lipinski definition) is 2. The second-order valence-corrected chi connectivity index (χ2v) is 6.59. The van der Waals surface area contributed by atoms with Gasteiger partial charge in [-0.2, -0.15) is 0 Å². The van der Waals surface area contributed by atoms with Crippen molar-refractivity contribution in [2.24, 2.45) is 0 Å². The van der Waals surface area contributed by atoms with E-state index in [4.69, 9.17) is 14.2 Å². The monoisotopic (exact) mass is 420 g/mol. The summed E-state index contributed by atoms with van der Waals surface area (Å²) in [6.45, 7) is 0. The quantitative estimate of drug-likeness (QED) is 0.544. The highest BCUT2D eigenvalue weighted by molar-refractivity contribution is 5.97. The van der Waals surface area contributed by atoms with E-state index < -0.39 is 6.17 Å². The molecular weight excluding hydrogens is 396 g/mol. The largest absolute Gasteiger partial charge is 0.497 e. The summed E-state index contributed by atoms with van der Waals surface area (Å²) in [4.78, 5) is 25.9. The number of hydrogen-bond acceptors (Lipinski definition) is 5. The van der Waals surface area contributed by atoms with Crippen LogP contribution in [0, 0.1) is 0 Å². The van der Waals surface area contributed by atoms with Crippen LogP contribution in [0.25, 0.3) is 0 Å². The molecule has 31 heavy (non-hydrogen) atoms. The molecule has 0 aliphatic rings. The standard InChI is InChI=1S/C24H24N2O5/c1-29-18-10-6-8-16(14-18)23(27)25-22(20-12-4-5-13-21(20)31-3)26-24(28)17-9-7-11-19(15-17)30-2/h4-15,22H,1-3H3,(H,25,27)(H,26,28). The Balaban J connectivity index is 1.91. The van der Waals surface area contributed by atoms with Gasteiger partial charge in [0, 0.05) is 16.7 Å². The Morgan fingerprint density at radius 1 is 0.677 bits per heavy atom. The van der Waals surface area contributed by atoms with E-state index in [1.165, 1.54) is 21.3 Å². The van der Waals surface area contributed by atoms with E-state index in [1.807, 2.05) is 6.07 Å². The van der Waals surface area contributed by atoms with Gasteiger partial charge >= 0.3 is 0 Å². The number of amides is 2. The van der Waals surface area contributed by atoms with Gasteiger partial charge in [-0.3, -0.25) is 9.59 Å². The van der Waals surface area contributed by atoms with Crippen LogP contribution in [-0.2, 0) is 0 Å². The summed E-state index contributed by atoms with van der Waals surface area (Å²) in [6.07, 6.45) is -0.839. The molecule has 0 fully saturated rings. The minimum atomic E-state index is -0.839. The molecule has 0 aromatic heterocycles. The van der Waals surface area contributed by atoms with Crippen molar-refractivity contribution in [1.29, 1.82) is 0 Å². The second-order valence-electron chi connectivity index (χ2n) is 6.59. The molecule has 0 unspecified atom stereocenters. The number of para-hydroxylation sites is 1. The Bertz CT molecular complexity index is 1010. The molecule has 0 aliphatic heterocycles. The summed E-state index contributed by atoms with van der Waals surface area (Å²) in [7, 11) is 4.59. The predicted octanol–water partition coefficient (Wildman–Crippen LogP) is 3.57. The Hall–Kier alpha value is -4.00. The van der Waals surface area contributed by atoms with Crippen molar-refractivity contribution >= 4 is 11.8 Å². The molecule has 2 N–H and O–H groups in total. The third-order valence-electron chi connectivity index (χ3n) is 4.66. The molecule has 0 saturated carbocycles. The average molecular weight is 420 g/mol. The minimum Gasteiger partial charge on any atom is -0.497 e. The number of methoxy groups -OCH3 is 3. The molecule has 2 amide bonds. The summed E-state index contributed by atoms with van der Waals surface area (Å²) in [5.74, 6) is 0.898. The van der Waals surface area contributed by atoms with Gasteiger partial charge in [0.05, 0.1) is 21.3 Å². The van der Waals surface area contributed by atoms with Crippen molar-refractivity contribution in [2.75, 3.05) is 21.3 Å². The molecule has 0 saturated heterocycles. The van der Waals surface area contributed by atoms with Gasteiger partial charge in [-0.25, -0.2) is 0 Å². The number of ether oxygens (including phenoxy) is 3. The fourth-order valence-corrected chi connectivity index (χ4v) is 3.05. The van der Waals surface area contributed by atoms with Crippen molar-refractivity contribution in [3.05, 3.63) is 89.5 Å². The number of carbonyl (C=O) groups excluding carboxylic acids is 2. The highest BCUT2D eigenvalue weighted by Crippen LogP contribution is 2.24. The minimum absolute atomic E-state index is 0.374.